The highest BCUT2D eigenvalue weighted by Crippen LogP contribution is 2.27. The van der Waals surface area contributed by atoms with E-state index in [9.17, 15) is 13.2 Å². The molecule has 0 radical (unpaired) electrons. The Hall–Kier alpha value is -2.21. The molecule has 6 heteroatoms. The summed E-state index contributed by atoms with van der Waals surface area (Å²) in [6, 6.07) is 10.8. The maximum atomic E-state index is 12.0. The molecule has 0 aliphatic carbocycles. The van der Waals surface area contributed by atoms with Crippen molar-refractivity contribution in [1.29, 1.82) is 0 Å². The van der Waals surface area contributed by atoms with Gasteiger partial charge in [0, 0.05) is 24.8 Å². The number of amides is 1. The molecule has 0 spiro atoms. The van der Waals surface area contributed by atoms with Crippen LogP contribution in [0.1, 0.15) is 16.1 Å². The predicted octanol–water partition coefficient (Wildman–Crippen LogP) is 1.44. The Kier molecular flexibility index (Phi) is 3.25. The van der Waals surface area contributed by atoms with Gasteiger partial charge in [-0.15, -0.1) is 0 Å². The molecular formula is C15H14N2O3S. The highest BCUT2D eigenvalue weighted by molar-refractivity contribution is 7.90. The van der Waals surface area contributed by atoms with Crippen LogP contribution >= 0.6 is 0 Å². The zero-order chi connectivity index (χ0) is 15.0. The molecule has 1 aliphatic rings. The number of carbonyl (C=O) groups is 1. The second kappa shape index (κ2) is 4.96. The van der Waals surface area contributed by atoms with Crippen molar-refractivity contribution in [2.75, 3.05) is 12.8 Å². The largest absolute Gasteiger partial charge is 0.352 e. The van der Waals surface area contributed by atoms with Crippen LogP contribution in [0.4, 0.5) is 0 Å². The first-order valence-electron chi connectivity index (χ1n) is 6.54. The summed E-state index contributed by atoms with van der Waals surface area (Å²) < 4.78 is 24.1. The highest BCUT2D eigenvalue weighted by atomic mass is 32.2. The van der Waals surface area contributed by atoms with Crippen LogP contribution in [0.5, 0.6) is 0 Å². The Morgan fingerprint density at radius 3 is 2.57 bits per heavy atom. The number of hydrogen-bond donors (Lipinski definition) is 1. The van der Waals surface area contributed by atoms with E-state index >= 15 is 0 Å². The lowest BCUT2D eigenvalue weighted by atomic mass is 10.0. The fraction of sp³-hybridized carbons (Fsp3) is 0.200. The maximum absolute atomic E-state index is 12.0. The van der Waals surface area contributed by atoms with E-state index in [0.717, 1.165) is 11.8 Å². The van der Waals surface area contributed by atoms with Gasteiger partial charge in [-0.2, -0.15) is 0 Å². The molecule has 2 aromatic rings. The molecule has 0 saturated heterocycles. The number of nitrogens with one attached hydrogen (secondary N) is 1. The Balaban J connectivity index is 2.30. The van der Waals surface area contributed by atoms with Crippen LogP contribution in [0.2, 0.25) is 0 Å². The standard InChI is InChI=1S/C15H14N2O3S/c1-21(19,20)13-9-12(10-5-3-2-4-6-10)17-11-7-8-16-15(18)14(11)13/h2-6,9H,7-8H2,1H3,(H,16,18). The number of pyridine rings is 1. The molecule has 1 N–H and O–H groups in total. The first kappa shape index (κ1) is 13.8. The van der Waals surface area contributed by atoms with Gasteiger partial charge in [0.25, 0.3) is 5.91 Å². The Labute approximate surface area is 122 Å². The van der Waals surface area contributed by atoms with E-state index in [-0.39, 0.29) is 16.4 Å². The third kappa shape index (κ3) is 2.54. The fourth-order valence-electron chi connectivity index (χ4n) is 2.43. The minimum atomic E-state index is -3.51. The molecule has 0 unspecified atom stereocenters. The number of fused-ring (bicyclic) bond motifs is 1. The monoisotopic (exact) mass is 302 g/mol. The van der Waals surface area contributed by atoms with Crippen LogP contribution in [-0.2, 0) is 16.3 Å². The van der Waals surface area contributed by atoms with Crippen molar-refractivity contribution in [3.8, 4) is 11.3 Å². The van der Waals surface area contributed by atoms with E-state index in [2.05, 4.69) is 10.3 Å². The maximum Gasteiger partial charge on any atom is 0.254 e. The van der Waals surface area contributed by atoms with Crippen LogP contribution < -0.4 is 5.32 Å². The highest BCUT2D eigenvalue weighted by Gasteiger charge is 2.27. The molecule has 5 nitrogen and oxygen atoms in total. The van der Waals surface area contributed by atoms with E-state index in [1.54, 1.807) is 0 Å². The summed E-state index contributed by atoms with van der Waals surface area (Å²) in [4.78, 5) is 16.5. The van der Waals surface area contributed by atoms with Crippen molar-refractivity contribution in [3.05, 3.63) is 47.7 Å². The van der Waals surface area contributed by atoms with E-state index in [1.807, 2.05) is 30.3 Å². The van der Waals surface area contributed by atoms with Crippen LogP contribution in [-0.4, -0.2) is 32.1 Å². The third-order valence-electron chi connectivity index (χ3n) is 3.40. The van der Waals surface area contributed by atoms with Gasteiger partial charge in [-0.25, -0.2) is 8.42 Å². The van der Waals surface area contributed by atoms with E-state index < -0.39 is 9.84 Å². The normalized spacial score (nSPS) is 14.4. The SMILES string of the molecule is CS(=O)(=O)c1cc(-c2ccccc2)nc2c1C(=O)NCC2. The van der Waals surface area contributed by atoms with Gasteiger partial charge >= 0.3 is 0 Å². The summed E-state index contributed by atoms with van der Waals surface area (Å²) in [5.74, 6) is -0.371. The molecule has 1 aromatic carbocycles. The molecule has 108 valence electrons. The van der Waals surface area contributed by atoms with Crippen molar-refractivity contribution in [1.82, 2.24) is 10.3 Å². The van der Waals surface area contributed by atoms with Crippen molar-refractivity contribution in [2.45, 2.75) is 11.3 Å². The molecule has 0 fully saturated rings. The molecule has 3 rings (SSSR count). The minimum absolute atomic E-state index is 0.0450. The van der Waals surface area contributed by atoms with Gasteiger partial charge in [-0.05, 0) is 6.07 Å². The molecule has 1 aliphatic heterocycles. The lowest BCUT2D eigenvalue weighted by Gasteiger charge is -2.19. The Morgan fingerprint density at radius 2 is 1.90 bits per heavy atom. The van der Waals surface area contributed by atoms with Crippen molar-refractivity contribution in [2.24, 2.45) is 0 Å². The molecule has 0 saturated carbocycles. The van der Waals surface area contributed by atoms with Crippen LogP contribution in [0, 0.1) is 0 Å². The third-order valence-corrected chi connectivity index (χ3v) is 4.52. The molecule has 0 bridgehead atoms. The second-order valence-corrected chi connectivity index (χ2v) is 6.96. The van der Waals surface area contributed by atoms with Crippen LogP contribution in [0.15, 0.2) is 41.3 Å². The summed E-state index contributed by atoms with van der Waals surface area (Å²) in [6.45, 7) is 0.472. The Bertz CT molecular complexity index is 814. The van der Waals surface area contributed by atoms with E-state index in [0.29, 0.717) is 24.4 Å². The van der Waals surface area contributed by atoms with Gasteiger partial charge in [0.2, 0.25) is 0 Å². The lowest BCUT2D eigenvalue weighted by molar-refractivity contribution is 0.0941. The average molecular weight is 302 g/mol. The molecule has 0 atom stereocenters. The van der Waals surface area contributed by atoms with Crippen LogP contribution in [0.3, 0.4) is 0 Å². The average Bonchev–Trinajstić information content (AvgIpc) is 2.46. The number of carbonyl (C=O) groups excluding carboxylic acids is 1. The number of benzene rings is 1. The predicted molar refractivity (Wildman–Crippen MR) is 78.8 cm³/mol. The van der Waals surface area contributed by atoms with Gasteiger partial charge in [-0.3, -0.25) is 9.78 Å². The fourth-order valence-corrected chi connectivity index (χ4v) is 3.34. The molecule has 1 amide bonds. The molecule has 21 heavy (non-hydrogen) atoms. The quantitative estimate of drug-likeness (QED) is 0.910. The summed E-state index contributed by atoms with van der Waals surface area (Å²) in [7, 11) is -3.51. The summed E-state index contributed by atoms with van der Waals surface area (Å²) in [6.07, 6.45) is 1.64. The number of rotatable bonds is 2. The topological polar surface area (TPSA) is 76.1 Å². The first-order valence-corrected chi connectivity index (χ1v) is 8.43. The number of aromatic nitrogens is 1. The summed E-state index contributed by atoms with van der Waals surface area (Å²) >= 11 is 0. The second-order valence-electron chi connectivity index (χ2n) is 4.97. The Morgan fingerprint density at radius 1 is 1.19 bits per heavy atom. The van der Waals surface area contributed by atoms with Crippen molar-refractivity contribution < 1.29 is 13.2 Å². The molecule has 1 aromatic heterocycles. The van der Waals surface area contributed by atoms with Crippen molar-refractivity contribution >= 4 is 15.7 Å². The minimum Gasteiger partial charge on any atom is -0.352 e. The number of hydrogen-bond acceptors (Lipinski definition) is 4. The smallest absolute Gasteiger partial charge is 0.254 e. The zero-order valence-corrected chi connectivity index (χ0v) is 12.3. The molecular weight excluding hydrogens is 288 g/mol. The first-order chi connectivity index (χ1) is 9.97. The zero-order valence-electron chi connectivity index (χ0n) is 11.5. The lowest BCUT2D eigenvalue weighted by Crippen LogP contribution is -2.34. The van der Waals surface area contributed by atoms with E-state index in [1.165, 1.54) is 6.07 Å². The summed E-state index contributed by atoms with van der Waals surface area (Å²) in [5, 5.41) is 2.67. The van der Waals surface area contributed by atoms with Crippen LogP contribution in [0.25, 0.3) is 11.3 Å². The number of nitrogens with zero attached hydrogens (tertiary/aromatic N) is 1. The van der Waals surface area contributed by atoms with Gasteiger partial charge < -0.3 is 5.32 Å². The van der Waals surface area contributed by atoms with Gasteiger partial charge in [0.1, 0.15) is 0 Å². The molecule has 2 heterocycles. The van der Waals surface area contributed by atoms with E-state index in [4.69, 9.17) is 0 Å². The van der Waals surface area contributed by atoms with Gasteiger partial charge in [0.15, 0.2) is 9.84 Å². The van der Waals surface area contributed by atoms with Gasteiger partial charge in [-0.1, -0.05) is 30.3 Å². The van der Waals surface area contributed by atoms with Gasteiger partial charge in [0.05, 0.1) is 21.8 Å². The summed E-state index contributed by atoms with van der Waals surface area (Å²) in [5.41, 5.74) is 2.13. The van der Waals surface area contributed by atoms with Crippen molar-refractivity contribution in [3.63, 3.8) is 0 Å². The number of sulfone groups is 1.